The van der Waals surface area contributed by atoms with E-state index in [1.807, 2.05) is 35.2 Å². The topological polar surface area (TPSA) is 96.0 Å². The van der Waals surface area contributed by atoms with E-state index in [1.54, 1.807) is 12.1 Å². The third kappa shape index (κ3) is 4.49. The first-order chi connectivity index (χ1) is 14.9. The van der Waals surface area contributed by atoms with Gasteiger partial charge in [0.05, 0.1) is 15.5 Å². The predicted molar refractivity (Wildman–Crippen MR) is 122 cm³/mol. The molecule has 1 N–H and O–H groups in total. The van der Waals surface area contributed by atoms with Gasteiger partial charge < -0.3 is 5.11 Å². The molecule has 1 heterocycles. The average molecular weight is 438 g/mol. The van der Waals surface area contributed by atoms with Gasteiger partial charge >= 0.3 is 5.69 Å². The van der Waals surface area contributed by atoms with Crippen LogP contribution in [0.5, 0.6) is 5.75 Å². The molecular weight excluding hydrogens is 414 g/mol. The molecule has 1 saturated heterocycles. The molecule has 8 heteroatoms. The number of rotatable bonds is 4. The Morgan fingerprint density at radius 1 is 1.19 bits per heavy atom. The molecule has 1 saturated carbocycles. The highest BCUT2D eigenvalue weighted by Crippen LogP contribution is 2.40. The monoisotopic (exact) mass is 437 g/mol. The second-order valence-electron chi connectivity index (χ2n) is 7.85. The zero-order chi connectivity index (χ0) is 22.0. The third-order valence-corrected chi connectivity index (χ3v) is 6.69. The molecular formula is C23H23N3O4S. The summed E-state index contributed by atoms with van der Waals surface area (Å²) in [5.41, 5.74) is 0.867. The van der Waals surface area contributed by atoms with Crippen molar-refractivity contribution in [3.63, 3.8) is 0 Å². The van der Waals surface area contributed by atoms with Gasteiger partial charge in [0.2, 0.25) is 0 Å². The molecule has 7 nitrogen and oxygen atoms in total. The largest absolute Gasteiger partial charge is 0.502 e. The minimum atomic E-state index is -0.640. The molecule has 4 rings (SSSR count). The Labute approximate surface area is 184 Å². The highest BCUT2D eigenvalue weighted by Gasteiger charge is 2.41. The van der Waals surface area contributed by atoms with Crippen molar-refractivity contribution in [3.8, 4) is 5.75 Å². The van der Waals surface area contributed by atoms with Crippen LogP contribution in [0.15, 0.2) is 58.4 Å². The normalized spacial score (nSPS) is 24.2. The summed E-state index contributed by atoms with van der Waals surface area (Å²) in [5.74, 6) is -0.163. The number of carbonyl (C=O) groups excluding carboxylic acids is 1. The fraction of sp³-hybridized carbons (Fsp3) is 0.304. The lowest BCUT2D eigenvalue weighted by Crippen LogP contribution is -2.44. The lowest BCUT2D eigenvalue weighted by Gasteiger charge is -2.35. The van der Waals surface area contributed by atoms with Crippen LogP contribution in [0.3, 0.4) is 0 Å². The smallest absolute Gasteiger partial charge is 0.311 e. The van der Waals surface area contributed by atoms with E-state index in [0.29, 0.717) is 21.6 Å². The summed E-state index contributed by atoms with van der Waals surface area (Å²) in [6.07, 6.45) is 5.87. The summed E-state index contributed by atoms with van der Waals surface area (Å²) in [7, 11) is 0. The minimum absolute atomic E-state index is 0.0799. The number of thioether (sulfide) groups is 1. The molecule has 2 aromatic rings. The van der Waals surface area contributed by atoms with E-state index in [0.717, 1.165) is 31.4 Å². The molecule has 0 unspecified atom stereocenters. The van der Waals surface area contributed by atoms with Crippen molar-refractivity contribution in [1.29, 1.82) is 0 Å². The molecule has 0 radical (unpaired) electrons. The van der Waals surface area contributed by atoms with Crippen LogP contribution in [-0.2, 0) is 4.79 Å². The molecule has 0 aromatic heterocycles. The lowest BCUT2D eigenvalue weighted by atomic mass is 9.85. The number of benzene rings is 2. The molecule has 0 spiro atoms. The van der Waals surface area contributed by atoms with Gasteiger partial charge in [-0.05, 0) is 60.4 Å². The quantitative estimate of drug-likeness (QED) is 0.388. The highest BCUT2D eigenvalue weighted by atomic mass is 32.2. The first-order valence-electron chi connectivity index (χ1n) is 10.3. The molecule has 2 fully saturated rings. The molecule has 1 aliphatic carbocycles. The molecule has 2 aliphatic rings. The highest BCUT2D eigenvalue weighted by molar-refractivity contribution is 8.18. The summed E-state index contributed by atoms with van der Waals surface area (Å²) >= 11 is 1.29. The first-order valence-corrected chi connectivity index (χ1v) is 11.1. The minimum Gasteiger partial charge on any atom is -0.502 e. The summed E-state index contributed by atoms with van der Waals surface area (Å²) in [6.45, 7) is 2.17. The maximum absolute atomic E-state index is 13.4. The van der Waals surface area contributed by atoms with Crippen molar-refractivity contribution in [1.82, 2.24) is 4.90 Å². The lowest BCUT2D eigenvalue weighted by molar-refractivity contribution is -0.385. The van der Waals surface area contributed by atoms with Crippen molar-refractivity contribution < 1.29 is 14.8 Å². The summed E-state index contributed by atoms with van der Waals surface area (Å²) in [5, 5.41) is 21.5. The van der Waals surface area contributed by atoms with Gasteiger partial charge in [-0.3, -0.25) is 19.8 Å². The van der Waals surface area contributed by atoms with E-state index in [2.05, 4.69) is 6.92 Å². The van der Waals surface area contributed by atoms with Crippen molar-refractivity contribution in [2.75, 3.05) is 0 Å². The fourth-order valence-corrected chi connectivity index (χ4v) is 5.12. The Morgan fingerprint density at radius 3 is 2.65 bits per heavy atom. The Hall–Kier alpha value is -3.13. The van der Waals surface area contributed by atoms with Gasteiger partial charge in [0.25, 0.3) is 5.91 Å². The summed E-state index contributed by atoms with van der Waals surface area (Å²) in [6, 6.07) is 13.7. The van der Waals surface area contributed by atoms with Gasteiger partial charge in [0, 0.05) is 12.1 Å². The van der Waals surface area contributed by atoms with Gasteiger partial charge in [-0.1, -0.05) is 44.0 Å². The molecule has 2 atom stereocenters. The molecule has 160 valence electrons. The van der Waals surface area contributed by atoms with Crippen molar-refractivity contribution in [2.24, 2.45) is 10.9 Å². The van der Waals surface area contributed by atoms with E-state index in [1.165, 1.54) is 23.9 Å². The summed E-state index contributed by atoms with van der Waals surface area (Å²) < 4.78 is 0. The predicted octanol–water partition coefficient (Wildman–Crippen LogP) is 5.48. The molecule has 1 amide bonds. The molecule has 0 bridgehead atoms. The Morgan fingerprint density at radius 2 is 1.94 bits per heavy atom. The average Bonchev–Trinajstić information content (AvgIpc) is 3.05. The van der Waals surface area contributed by atoms with Crippen molar-refractivity contribution in [3.05, 3.63) is 69.1 Å². The zero-order valence-electron chi connectivity index (χ0n) is 17.1. The van der Waals surface area contributed by atoms with Gasteiger partial charge in [-0.25, -0.2) is 4.99 Å². The van der Waals surface area contributed by atoms with Crippen LogP contribution in [0.1, 0.15) is 38.2 Å². The number of hydrogen-bond donors (Lipinski definition) is 1. The van der Waals surface area contributed by atoms with Crippen molar-refractivity contribution >= 4 is 40.3 Å². The maximum atomic E-state index is 13.4. The number of amidine groups is 1. The number of nitro benzene ring substituents is 1. The van der Waals surface area contributed by atoms with Crippen LogP contribution < -0.4 is 0 Å². The number of hydrogen-bond acceptors (Lipinski definition) is 6. The van der Waals surface area contributed by atoms with E-state index in [4.69, 9.17) is 4.99 Å². The van der Waals surface area contributed by atoms with Crippen LogP contribution >= 0.6 is 11.8 Å². The van der Waals surface area contributed by atoms with Gasteiger partial charge in [-0.2, -0.15) is 0 Å². The van der Waals surface area contributed by atoms with Crippen LogP contribution in [0.2, 0.25) is 0 Å². The van der Waals surface area contributed by atoms with Crippen molar-refractivity contribution in [2.45, 2.75) is 38.6 Å². The van der Waals surface area contributed by atoms with E-state index >= 15 is 0 Å². The molecule has 2 aromatic carbocycles. The van der Waals surface area contributed by atoms with Crippen LogP contribution in [0.25, 0.3) is 6.08 Å². The number of aromatic hydroxyl groups is 1. The number of nitro groups is 1. The third-order valence-electron chi connectivity index (χ3n) is 5.71. The number of amides is 1. The number of nitrogens with zero attached hydrogens (tertiary/aromatic N) is 3. The molecule has 31 heavy (non-hydrogen) atoms. The fourth-order valence-electron chi connectivity index (χ4n) is 4.08. The standard InChI is InChI=1S/C23H23N3O4S/c1-15-7-5-6-10-18(15)25-22(28)21(31-23(25)24-17-8-3-2-4-9-17)14-16-11-12-20(27)19(13-16)26(29)30/h2-4,8-9,11-15,18,27H,5-7,10H2,1H3/b21-14-,24-23?/t15-,18+/m0/s1. The van der Waals surface area contributed by atoms with E-state index in [-0.39, 0.29) is 17.6 Å². The second kappa shape index (κ2) is 8.93. The number of aliphatic imine (C=N–C) groups is 1. The maximum Gasteiger partial charge on any atom is 0.311 e. The van der Waals surface area contributed by atoms with E-state index < -0.39 is 10.7 Å². The van der Waals surface area contributed by atoms with E-state index in [9.17, 15) is 20.0 Å². The number of para-hydroxylation sites is 1. The van der Waals surface area contributed by atoms with Gasteiger partial charge in [-0.15, -0.1) is 0 Å². The molecule has 1 aliphatic heterocycles. The van der Waals surface area contributed by atoms with Crippen LogP contribution in [-0.4, -0.2) is 32.0 Å². The second-order valence-corrected chi connectivity index (χ2v) is 8.86. The Kier molecular flexibility index (Phi) is 6.08. The van der Waals surface area contributed by atoms with Gasteiger partial charge in [0.15, 0.2) is 10.9 Å². The number of phenolic OH excluding ortho intramolecular Hbond substituents is 1. The number of phenols is 1. The van der Waals surface area contributed by atoms with Crippen LogP contribution in [0.4, 0.5) is 11.4 Å². The van der Waals surface area contributed by atoms with Crippen LogP contribution in [0, 0.1) is 16.0 Å². The first kappa shape index (κ1) is 21.1. The Bertz CT molecular complexity index is 1070. The summed E-state index contributed by atoms with van der Waals surface area (Å²) in [4.78, 5) is 30.9. The Balaban J connectivity index is 1.73. The SMILES string of the molecule is C[C@H]1CCCC[C@H]1N1C(=O)/C(=C/c2ccc(O)c([N+](=O)[O-])c2)SC1=Nc1ccccc1. The van der Waals surface area contributed by atoms with Gasteiger partial charge in [0.1, 0.15) is 0 Å². The zero-order valence-corrected chi connectivity index (χ0v) is 17.9. The number of carbonyl (C=O) groups is 1.